The molecule has 3 aromatic rings. The minimum absolute atomic E-state index is 0.0483. The Kier molecular flexibility index (Phi) is 3.67. The second-order valence-electron chi connectivity index (χ2n) is 6.45. The van der Waals surface area contributed by atoms with E-state index in [1.165, 1.54) is 0 Å². The van der Waals surface area contributed by atoms with Gasteiger partial charge in [0.2, 0.25) is 11.8 Å². The van der Waals surface area contributed by atoms with Gasteiger partial charge in [-0.3, -0.25) is 14.2 Å². The van der Waals surface area contributed by atoms with Crippen molar-refractivity contribution in [3.8, 4) is 11.6 Å². The van der Waals surface area contributed by atoms with E-state index < -0.39 is 0 Å². The maximum atomic E-state index is 12.6. The fourth-order valence-corrected chi connectivity index (χ4v) is 3.23. The molecular weight excluding hydrogens is 320 g/mol. The Hall–Kier alpha value is -2.90. The molecule has 8 nitrogen and oxygen atoms in total. The largest absolute Gasteiger partial charge is 0.440 e. The molecule has 25 heavy (non-hydrogen) atoms. The quantitative estimate of drug-likeness (QED) is 0.721. The van der Waals surface area contributed by atoms with Gasteiger partial charge < -0.3 is 9.32 Å². The number of carbonyl (C=O) groups is 1. The number of aryl methyl sites for hydroxylation is 3. The van der Waals surface area contributed by atoms with Crippen molar-refractivity contribution in [2.45, 2.75) is 33.4 Å². The van der Waals surface area contributed by atoms with E-state index in [1.807, 2.05) is 36.7 Å². The highest BCUT2D eigenvalue weighted by Gasteiger charge is 2.28. The molecule has 0 unspecified atom stereocenters. The van der Waals surface area contributed by atoms with Crippen molar-refractivity contribution >= 4 is 5.91 Å². The lowest BCUT2D eigenvalue weighted by Crippen LogP contribution is -2.38. The van der Waals surface area contributed by atoms with Crippen molar-refractivity contribution in [2.75, 3.05) is 6.54 Å². The average Bonchev–Trinajstić information content (AvgIpc) is 3.27. The summed E-state index contributed by atoms with van der Waals surface area (Å²) < 4.78 is 9.18. The number of oxazole rings is 1. The van der Waals surface area contributed by atoms with Gasteiger partial charge in [0.05, 0.1) is 12.4 Å². The van der Waals surface area contributed by atoms with Gasteiger partial charge in [-0.2, -0.15) is 10.2 Å². The van der Waals surface area contributed by atoms with Crippen LogP contribution in [0.25, 0.3) is 11.6 Å². The van der Waals surface area contributed by atoms with Crippen LogP contribution in [-0.4, -0.2) is 41.9 Å². The van der Waals surface area contributed by atoms with Gasteiger partial charge in [-0.25, -0.2) is 4.98 Å². The Balaban J connectivity index is 1.58. The van der Waals surface area contributed by atoms with Gasteiger partial charge in [0.15, 0.2) is 5.69 Å². The van der Waals surface area contributed by atoms with Crippen molar-refractivity contribution in [3.63, 3.8) is 0 Å². The molecule has 1 aliphatic heterocycles. The van der Waals surface area contributed by atoms with Gasteiger partial charge in [-0.1, -0.05) is 0 Å². The average molecular weight is 340 g/mol. The van der Waals surface area contributed by atoms with E-state index in [0.29, 0.717) is 19.0 Å². The monoisotopic (exact) mass is 340 g/mol. The third kappa shape index (κ3) is 2.84. The van der Waals surface area contributed by atoms with Gasteiger partial charge in [0.25, 0.3) is 0 Å². The molecule has 0 aliphatic carbocycles. The number of amides is 1. The van der Waals surface area contributed by atoms with Crippen molar-refractivity contribution < 1.29 is 9.21 Å². The van der Waals surface area contributed by atoms with Crippen molar-refractivity contribution in [1.29, 1.82) is 0 Å². The van der Waals surface area contributed by atoms with Crippen LogP contribution in [0, 0.1) is 13.8 Å². The molecule has 130 valence electrons. The van der Waals surface area contributed by atoms with Gasteiger partial charge in [-0.15, -0.1) is 0 Å². The lowest BCUT2D eigenvalue weighted by molar-refractivity contribution is -0.133. The number of fused-ring (bicyclic) bond motifs is 1. The van der Waals surface area contributed by atoms with E-state index in [-0.39, 0.29) is 12.5 Å². The predicted octanol–water partition coefficient (Wildman–Crippen LogP) is 1.47. The number of carbonyl (C=O) groups excluding carboxylic acids is 1. The third-order valence-electron chi connectivity index (χ3n) is 4.48. The van der Waals surface area contributed by atoms with Crippen LogP contribution in [0.4, 0.5) is 0 Å². The number of nitrogens with zero attached hydrogens (tertiary/aromatic N) is 6. The van der Waals surface area contributed by atoms with Gasteiger partial charge in [0, 0.05) is 44.0 Å². The maximum Gasteiger partial charge on any atom is 0.247 e. The molecule has 0 N–H and O–H groups in total. The predicted molar refractivity (Wildman–Crippen MR) is 89.5 cm³/mol. The highest BCUT2D eigenvalue weighted by Crippen LogP contribution is 2.29. The van der Waals surface area contributed by atoms with Crippen LogP contribution in [0.3, 0.4) is 0 Å². The van der Waals surface area contributed by atoms with Crippen LogP contribution in [0.15, 0.2) is 23.0 Å². The molecule has 4 rings (SSSR count). The van der Waals surface area contributed by atoms with Crippen LogP contribution in [0.2, 0.25) is 0 Å². The summed E-state index contributed by atoms with van der Waals surface area (Å²) in [6, 6.07) is 0. The van der Waals surface area contributed by atoms with E-state index in [2.05, 4.69) is 15.2 Å². The first-order valence-corrected chi connectivity index (χ1v) is 8.25. The Morgan fingerprint density at radius 3 is 2.84 bits per heavy atom. The minimum atomic E-state index is 0.0483. The summed E-state index contributed by atoms with van der Waals surface area (Å²) in [7, 11) is 1.92. The molecule has 0 radical (unpaired) electrons. The summed E-state index contributed by atoms with van der Waals surface area (Å²) in [4.78, 5) is 18.8. The summed E-state index contributed by atoms with van der Waals surface area (Å²) in [6.07, 6.45) is 6.08. The van der Waals surface area contributed by atoms with Gasteiger partial charge >= 0.3 is 0 Å². The Labute approximate surface area is 145 Å². The highest BCUT2D eigenvalue weighted by atomic mass is 16.4. The van der Waals surface area contributed by atoms with E-state index in [4.69, 9.17) is 4.42 Å². The molecule has 3 aromatic heterocycles. The van der Waals surface area contributed by atoms with E-state index >= 15 is 0 Å². The lowest BCUT2D eigenvalue weighted by Gasteiger charge is -2.27. The first kappa shape index (κ1) is 15.6. The molecule has 0 aromatic carbocycles. The molecule has 0 atom stereocenters. The second kappa shape index (κ2) is 5.87. The first-order valence-electron chi connectivity index (χ1n) is 8.25. The topological polar surface area (TPSA) is 82.0 Å². The molecule has 0 saturated heterocycles. The summed E-state index contributed by atoms with van der Waals surface area (Å²) in [5, 5.41) is 8.76. The van der Waals surface area contributed by atoms with Crippen LogP contribution < -0.4 is 0 Å². The molecule has 1 aliphatic rings. The molecule has 0 bridgehead atoms. The fourth-order valence-electron chi connectivity index (χ4n) is 3.23. The Morgan fingerprint density at radius 2 is 2.16 bits per heavy atom. The molecule has 4 heterocycles. The first-order chi connectivity index (χ1) is 12.0. The normalized spacial score (nSPS) is 14.0. The summed E-state index contributed by atoms with van der Waals surface area (Å²) in [6.45, 7) is 5.25. The molecule has 0 saturated carbocycles. The molecule has 1 amide bonds. The van der Waals surface area contributed by atoms with E-state index in [0.717, 1.165) is 34.7 Å². The fraction of sp³-hybridized carbons (Fsp3) is 0.412. The van der Waals surface area contributed by atoms with Crippen molar-refractivity contribution in [1.82, 2.24) is 29.4 Å². The van der Waals surface area contributed by atoms with Crippen LogP contribution >= 0.6 is 0 Å². The summed E-state index contributed by atoms with van der Waals surface area (Å²) in [5.41, 5.74) is 3.91. The zero-order chi connectivity index (χ0) is 17.6. The third-order valence-corrected chi connectivity index (χ3v) is 4.48. The summed E-state index contributed by atoms with van der Waals surface area (Å²) >= 11 is 0. The maximum absolute atomic E-state index is 12.6. The number of rotatable bonds is 3. The zero-order valence-electron chi connectivity index (χ0n) is 14.6. The Bertz CT molecular complexity index is 935. The minimum Gasteiger partial charge on any atom is -0.440 e. The summed E-state index contributed by atoms with van der Waals surface area (Å²) in [5.74, 6) is 1.30. The van der Waals surface area contributed by atoms with E-state index in [9.17, 15) is 4.79 Å². The molecule has 8 heteroatoms. The van der Waals surface area contributed by atoms with Gasteiger partial charge in [-0.05, 0) is 19.4 Å². The van der Waals surface area contributed by atoms with Crippen LogP contribution in [-0.2, 0) is 31.4 Å². The van der Waals surface area contributed by atoms with Gasteiger partial charge in [0.1, 0.15) is 12.3 Å². The molecule has 0 fully saturated rings. The zero-order valence-corrected chi connectivity index (χ0v) is 14.6. The van der Waals surface area contributed by atoms with Crippen molar-refractivity contribution in [2.24, 2.45) is 7.05 Å². The van der Waals surface area contributed by atoms with Crippen molar-refractivity contribution in [3.05, 3.63) is 41.2 Å². The van der Waals surface area contributed by atoms with Crippen LogP contribution in [0.1, 0.15) is 22.6 Å². The SMILES string of the molecule is Cc1cnn(CC(=O)N2CCc3c(c(-c4ncc(C)o4)nn3C)C2)c1. The van der Waals surface area contributed by atoms with E-state index in [1.54, 1.807) is 17.1 Å². The second-order valence-corrected chi connectivity index (χ2v) is 6.45. The number of hydrogen-bond donors (Lipinski definition) is 0. The Morgan fingerprint density at radius 1 is 1.32 bits per heavy atom. The molecular formula is C17H20N6O2. The standard InChI is InChI=1S/C17H20N6O2/c1-11-6-19-23(8-11)10-15(24)22-5-4-14-13(9-22)16(20-21(14)3)17-18-7-12(2)25-17/h6-8H,4-5,9-10H2,1-3H3. The van der Waals surface area contributed by atoms with Crippen LogP contribution in [0.5, 0.6) is 0 Å². The highest BCUT2D eigenvalue weighted by molar-refractivity contribution is 5.76. The molecule has 0 spiro atoms. The smallest absolute Gasteiger partial charge is 0.247 e. The number of hydrogen-bond acceptors (Lipinski definition) is 5. The lowest BCUT2D eigenvalue weighted by atomic mass is 10.0. The number of aromatic nitrogens is 5.